The molecule has 12 nitrogen and oxygen atoms in total. The number of likely N-dealkylation sites (tertiary alicyclic amines) is 1. The summed E-state index contributed by atoms with van der Waals surface area (Å²) in [5, 5.41) is 8.90. The van der Waals surface area contributed by atoms with Crippen molar-refractivity contribution in [3.8, 4) is 23.3 Å². The van der Waals surface area contributed by atoms with E-state index in [1.165, 1.54) is 5.56 Å². The summed E-state index contributed by atoms with van der Waals surface area (Å²) >= 11 is 0. The van der Waals surface area contributed by atoms with Gasteiger partial charge in [0, 0.05) is 62.6 Å². The molecule has 1 amide bonds. The normalized spacial score (nSPS) is 18.3. The maximum Gasteiger partial charge on any atom is 0.254 e. The molecule has 0 bridgehead atoms. The Labute approximate surface area is 287 Å². The van der Waals surface area contributed by atoms with Gasteiger partial charge in [0.25, 0.3) is 5.91 Å². The number of carbonyl (C=O) groups excluding carboxylic acids is 1. The first kappa shape index (κ1) is 34.0. The number of imidazole rings is 1. The summed E-state index contributed by atoms with van der Waals surface area (Å²) in [6, 6.07) is 17.8. The Morgan fingerprint density at radius 3 is 2.51 bits per heavy atom. The van der Waals surface area contributed by atoms with Gasteiger partial charge in [-0.25, -0.2) is 4.98 Å². The molecule has 2 aliphatic rings. The highest BCUT2D eigenvalue weighted by Gasteiger charge is 2.42. The quantitative estimate of drug-likeness (QED) is 0.190. The van der Waals surface area contributed by atoms with Gasteiger partial charge in [-0.2, -0.15) is 5.26 Å². The van der Waals surface area contributed by atoms with E-state index in [1.807, 2.05) is 41.4 Å². The molecule has 12 heteroatoms. The summed E-state index contributed by atoms with van der Waals surface area (Å²) in [4.78, 5) is 30.3. The third kappa shape index (κ3) is 7.28. The fourth-order valence-electron chi connectivity index (χ4n) is 7.26. The lowest BCUT2D eigenvalue weighted by atomic mass is 9.77. The number of hydrogen-bond acceptors (Lipinski definition) is 10. The Kier molecular flexibility index (Phi) is 10.8. The van der Waals surface area contributed by atoms with Crippen LogP contribution in [0.25, 0.3) is 11.0 Å². The lowest BCUT2D eigenvalue weighted by molar-refractivity contribution is 0.0780. The van der Waals surface area contributed by atoms with Crippen LogP contribution in [0.2, 0.25) is 0 Å². The van der Waals surface area contributed by atoms with Gasteiger partial charge in [0.05, 0.1) is 45.0 Å². The molecule has 2 aliphatic heterocycles. The van der Waals surface area contributed by atoms with Crippen LogP contribution in [-0.2, 0) is 16.7 Å². The van der Waals surface area contributed by atoms with E-state index in [0.29, 0.717) is 49.1 Å². The molecule has 0 N–H and O–H groups in total. The van der Waals surface area contributed by atoms with Crippen LogP contribution in [0.1, 0.15) is 35.2 Å². The number of carbonyl (C=O) groups is 1. The molecule has 1 unspecified atom stereocenters. The molecule has 258 valence electrons. The third-order valence-corrected chi connectivity index (χ3v) is 9.86. The van der Waals surface area contributed by atoms with Crippen LogP contribution >= 0.6 is 0 Å². The second-order valence-corrected chi connectivity index (χ2v) is 12.6. The fourth-order valence-corrected chi connectivity index (χ4v) is 7.26. The summed E-state index contributed by atoms with van der Waals surface area (Å²) in [5.74, 6) is 2.27. The van der Waals surface area contributed by atoms with Crippen LogP contribution in [0.4, 0.5) is 5.95 Å². The van der Waals surface area contributed by atoms with Crippen molar-refractivity contribution in [1.82, 2.24) is 24.3 Å². The Hall–Kier alpha value is -4.86. The van der Waals surface area contributed by atoms with Crippen molar-refractivity contribution >= 4 is 22.9 Å². The molecule has 1 atom stereocenters. The predicted octanol–water partition coefficient (Wildman–Crippen LogP) is 4.38. The van der Waals surface area contributed by atoms with Gasteiger partial charge in [-0.1, -0.05) is 18.2 Å². The topological polar surface area (TPSA) is 118 Å². The molecule has 0 spiro atoms. The molecule has 0 radical (unpaired) electrons. The van der Waals surface area contributed by atoms with E-state index < -0.39 is 0 Å². The van der Waals surface area contributed by atoms with Crippen LogP contribution in [0, 0.1) is 11.3 Å². The summed E-state index contributed by atoms with van der Waals surface area (Å²) in [6.07, 6.45) is 6.54. The third-order valence-electron chi connectivity index (χ3n) is 9.86. The zero-order valence-corrected chi connectivity index (χ0v) is 28.6. The zero-order chi connectivity index (χ0) is 34.2. The first-order chi connectivity index (χ1) is 24.0. The van der Waals surface area contributed by atoms with Crippen LogP contribution in [0.15, 0.2) is 60.9 Å². The summed E-state index contributed by atoms with van der Waals surface area (Å²) in [7, 11) is 4.67. The number of benzene rings is 2. The average molecular weight is 668 g/mol. The largest absolute Gasteiger partial charge is 0.493 e. The van der Waals surface area contributed by atoms with E-state index in [-0.39, 0.29) is 17.9 Å². The number of anilines is 1. The van der Waals surface area contributed by atoms with Gasteiger partial charge >= 0.3 is 0 Å². The molecule has 2 fully saturated rings. The molecule has 0 saturated carbocycles. The minimum absolute atomic E-state index is 0.0589. The second kappa shape index (κ2) is 15.6. The maximum absolute atomic E-state index is 13.9. The number of ether oxygens (including phenoxy) is 4. The molecular weight excluding hydrogens is 622 g/mol. The number of nitriles is 1. The van der Waals surface area contributed by atoms with E-state index in [4.69, 9.17) is 29.2 Å². The number of para-hydroxylation sites is 2. The molecular formula is C37H45N7O5. The number of hydrogen-bond donors (Lipinski definition) is 0. The van der Waals surface area contributed by atoms with E-state index >= 15 is 0 Å². The number of fused-ring (bicyclic) bond motifs is 1. The number of methoxy groups -OCH3 is 3. The number of nitrogens with zero attached hydrogens (tertiary/aromatic N) is 7. The number of pyridine rings is 1. The molecule has 49 heavy (non-hydrogen) atoms. The van der Waals surface area contributed by atoms with Crippen LogP contribution in [-0.4, -0.2) is 111 Å². The fraction of sp³-hybridized carbons (Fsp3) is 0.459. The van der Waals surface area contributed by atoms with E-state index in [0.717, 1.165) is 69.0 Å². The first-order valence-corrected chi connectivity index (χ1v) is 16.9. The predicted molar refractivity (Wildman–Crippen MR) is 187 cm³/mol. The van der Waals surface area contributed by atoms with E-state index in [9.17, 15) is 4.79 Å². The Balaban J connectivity index is 1.16. The van der Waals surface area contributed by atoms with Crippen LogP contribution < -0.4 is 19.1 Å². The SMILES string of the molecule is COc1cc(C(=O)N2CCC(CCN3CCCN(c4nc5ccccc5n4CCOCC#N)CC3)(c3cccnc3)C2)cc(OC)c1OC. The highest BCUT2D eigenvalue weighted by atomic mass is 16.5. The highest BCUT2D eigenvalue weighted by Crippen LogP contribution is 2.41. The summed E-state index contributed by atoms with van der Waals surface area (Å²) < 4.78 is 24.3. The molecule has 4 heterocycles. The maximum atomic E-state index is 13.9. The molecule has 2 aromatic carbocycles. The number of aromatic nitrogens is 3. The zero-order valence-electron chi connectivity index (χ0n) is 28.6. The van der Waals surface area contributed by atoms with Crippen molar-refractivity contribution in [2.45, 2.75) is 31.2 Å². The standard InChI is InChI=1S/C37H45N7O5/c1-46-32-24-28(25-33(47-2)34(32)48-3)35(45)43-18-12-37(27-43,29-8-6-14-39-26-29)11-17-41-15-7-16-42(20-19-41)36-40-30-9-4-5-10-31(30)44(36)21-23-49-22-13-38/h4-6,8-10,14,24-26H,7,11-12,15-23,27H2,1-3H3. The lowest BCUT2D eigenvalue weighted by Gasteiger charge is -2.32. The average Bonchev–Trinajstić information content (AvgIpc) is 3.67. The smallest absolute Gasteiger partial charge is 0.254 e. The summed E-state index contributed by atoms with van der Waals surface area (Å²) in [6.45, 7) is 6.99. The van der Waals surface area contributed by atoms with Crippen molar-refractivity contribution in [3.63, 3.8) is 0 Å². The summed E-state index contributed by atoms with van der Waals surface area (Å²) in [5.41, 5.74) is 3.49. The molecule has 2 saturated heterocycles. The van der Waals surface area contributed by atoms with Crippen molar-refractivity contribution in [1.29, 1.82) is 5.26 Å². The van der Waals surface area contributed by atoms with Crippen molar-refractivity contribution in [2.24, 2.45) is 0 Å². The van der Waals surface area contributed by atoms with Gasteiger partial charge in [-0.3, -0.25) is 9.78 Å². The monoisotopic (exact) mass is 667 g/mol. The van der Waals surface area contributed by atoms with E-state index in [2.05, 4.69) is 31.5 Å². The second-order valence-electron chi connectivity index (χ2n) is 12.6. The molecule has 6 rings (SSSR count). The minimum Gasteiger partial charge on any atom is -0.493 e. The van der Waals surface area contributed by atoms with Crippen molar-refractivity contribution in [2.75, 3.05) is 85.3 Å². The number of rotatable bonds is 13. The van der Waals surface area contributed by atoms with Gasteiger partial charge in [0.1, 0.15) is 6.61 Å². The number of amides is 1. The van der Waals surface area contributed by atoms with Gasteiger partial charge in [-0.05, 0) is 68.2 Å². The Morgan fingerprint density at radius 2 is 1.78 bits per heavy atom. The molecule has 4 aromatic rings. The van der Waals surface area contributed by atoms with Gasteiger partial charge < -0.3 is 38.2 Å². The minimum atomic E-state index is -0.214. The van der Waals surface area contributed by atoms with Gasteiger partial charge in [-0.15, -0.1) is 0 Å². The Morgan fingerprint density at radius 1 is 0.959 bits per heavy atom. The Bertz CT molecular complexity index is 1750. The highest BCUT2D eigenvalue weighted by molar-refractivity contribution is 5.96. The van der Waals surface area contributed by atoms with Gasteiger partial charge in [0.2, 0.25) is 11.7 Å². The van der Waals surface area contributed by atoms with Crippen LogP contribution in [0.5, 0.6) is 17.2 Å². The van der Waals surface area contributed by atoms with Crippen LogP contribution in [0.3, 0.4) is 0 Å². The van der Waals surface area contributed by atoms with Gasteiger partial charge in [0.15, 0.2) is 11.5 Å². The van der Waals surface area contributed by atoms with E-state index in [1.54, 1.807) is 39.7 Å². The van der Waals surface area contributed by atoms with Crippen molar-refractivity contribution in [3.05, 3.63) is 72.1 Å². The van der Waals surface area contributed by atoms with Crippen molar-refractivity contribution < 1.29 is 23.7 Å². The lowest BCUT2D eigenvalue weighted by Crippen LogP contribution is -2.39. The molecule has 0 aliphatic carbocycles. The first-order valence-electron chi connectivity index (χ1n) is 16.9. The molecule has 2 aromatic heterocycles.